The van der Waals surface area contributed by atoms with Gasteiger partial charge in [-0.2, -0.15) is 5.26 Å². The highest BCUT2D eigenvalue weighted by Crippen LogP contribution is 2.28. The van der Waals surface area contributed by atoms with Crippen molar-refractivity contribution in [3.63, 3.8) is 0 Å². The topological polar surface area (TPSA) is 26.8 Å². The van der Waals surface area contributed by atoms with E-state index in [1.54, 1.807) is 0 Å². The highest BCUT2D eigenvalue weighted by molar-refractivity contribution is 5.22. The zero-order chi connectivity index (χ0) is 15.4. The molecule has 0 bridgehead atoms. The molecule has 3 unspecified atom stereocenters. The summed E-state index contributed by atoms with van der Waals surface area (Å²) in [4.78, 5) is 2.46. The van der Waals surface area contributed by atoms with E-state index in [0.29, 0.717) is 6.04 Å². The first-order chi connectivity index (χ1) is 10.7. The van der Waals surface area contributed by atoms with Gasteiger partial charge in [0.1, 0.15) is 0 Å². The third-order valence-corrected chi connectivity index (χ3v) is 4.40. The van der Waals surface area contributed by atoms with Crippen LogP contribution < -0.4 is 0 Å². The lowest BCUT2D eigenvalue weighted by Crippen LogP contribution is -2.09. The van der Waals surface area contributed by atoms with Crippen molar-refractivity contribution in [2.24, 2.45) is 5.92 Å². The van der Waals surface area contributed by atoms with E-state index in [4.69, 9.17) is 0 Å². The second kappa shape index (κ2) is 6.77. The van der Waals surface area contributed by atoms with Crippen LogP contribution in [0.3, 0.4) is 0 Å². The largest absolute Gasteiger partial charge is 0.293 e. The molecule has 0 saturated carbocycles. The van der Waals surface area contributed by atoms with Gasteiger partial charge in [0.05, 0.1) is 12.0 Å². The average Bonchev–Trinajstić information content (AvgIpc) is 3.27. The summed E-state index contributed by atoms with van der Waals surface area (Å²) in [6.07, 6.45) is 1.85. The Balaban J connectivity index is 1.49. The Kier molecular flexibility index (Phi) is 4.56. The number of benzene rings is 2. The number of nitrogens with zero attached hydrogens (tertiary/aromatic N) is 2. The van der Waals surface area contributed by atoms with Gasteiger partial charge in [0.15, 0.2) is 0 Å². The Morgan fingerprint density at radius 3 is 2.50 bits per heavy atom. The number of nitriles is 1. The molecule has 0 aliphatic carbocycles. The molecule has 22 heavy (non-hydrogen) atoms. The zero-order valence-electron chi connectivity index (χ0n) is 13.1. The second-order valence-corrected chi connectivity index (χ2v) is 6.32. The molecule has 0 aromatic heterocycles. The van der Waals surface area contributed by atoms with Gasteiger partial charge in [-0.25, -0.2) is 0 Å². The van der Waals surface area contributed by atoms with Crippen LogP contribution >= 0.6 is 0 Å². The van der Waals surface area contributed by atoms with E-state index in [2.05, 4.69) is 54.3 Å². The van der Waals surface area contributed by atoms with Crippen LogP contribution in [0, 0.1) is 24.2 Å². The molecule has 1 fully saturated rings. The van der Waals surface area contributed by atoms with Crippen molar-refractivity contribution in [3.05, 3.63) is 71.3 Å². The van der Waals surface area contributed by atoms with Crippen LogP contribution in [0.1, 0.15) is 23.1 Å². The van der Waals surface area contributed by atoms with Gasteiger partial charge in [-0.15, -0.1) is 0 Å². The van der Waals surface area contributed by atoms with E-state index in [9.17, 15) is 5.26 Å². The molecule has 1 saturated heterocycles. The molecule has 0 amide bonds. The maximum Gasteiger partial charge on any atom is 0.0659 e. The molecule has 2 heteroatoms. The van der Waals surface area contributed by atoms with Crippen LogP contribution in [0.2, 0.25) is 0 Å². The predicted octanol–water partition coefficient (Wildman–Crippen LogP) is 3.95. The fraction of sp³-hybridized carbons (Fsp3) is 0.350. The third kappa shape index (κ3) is 3.96. The van der Waals surface area contributed by atoms with E-state index < -0.39 is 0 Å². The number of hydrogen-bond acceptors (Lipinski definition) is 2. The summed E-state index contributed by atoms with van der Waals surface area (Å²) in [6.45, 7) is 4.25. The van der Waals surface area contributed by atoms with Crippen LogP contribution in [0.25, 0.3) is 0 Å². The second-order valence-electron chi connectivity index (χ2n) is 6.32. The Hall–Kier alpha value is -2.11. The van der Waals surface area contributed by atoms with Crippen molar-refractivity contribution in [1.82, 2.24) is 4.90 Å². The quantitative estimate of drug-likeness (QED) is 0.753. The number of rotatable bonds is 6. The van der Waals surface area contributed by atoms with Crippen molar-refractivity contribution in [1.29, 1.82) is 5.26 Å². The first kappa shape index (κ1) is 14.8. The third-order valence-electron chi connectivity index (χ3n) is 4.40. The van der Waals surface area contributed by atoms with Gasteiger partial charge in [-0.1, -0.05) is 60.2 Å². The SMILES string of the molecule is Cc1ccc(CN2CC2CC(C#N)Cc2ccccc2)cc1. The van der Waals surface area contributed by atoms with Gasteiger partial charge in [-0.05, 0) is 30.9 Å². The first-order valence-electron chi connectivity index (χ1n) is 7.98. The monoisotopic (exact) mass is 290 g/mol. The Morgan fingerprint density at radius 2 is 1.82 bits per heavy atom. The van der Waals surface area contributed by atoms with E-state index in [0.717, 1.165) is 25.9 Å². The summed E-state index contributed by atoms with van der Waals surface area (Å²) in [7, 11) is 0. The van der Waals surface area contributed by atoms with E-state index >= 15 is 0 Å². The molecule has 1 aliphatic rings. The van der Waals surface area contributed by atoms with Crippen molar-refractivity contribution >= 4 is 0 Å². The minimum absolute atomic E-state index is 0.121. The molecule has 2 nitrogen and oxygen atoms in total. The van der Waals surface area contributed by atoms with Gasteiger partial charge in [0.25, 0.3) is 0 Å². The summed E-state index contributed by atoms with van der Waals surface area (Å²) < 4.78 is 0. The van der Waals surface area contributed by atoms with Crippen LogP contribution in [-0.4, -0.2) is 17.5 Å². The molecule has 2 aromatic carbocycles. The molecule has 2 aromatic rings. The van der Waals surface area contributed by atoms with Crippen LogP contribution in [0.4, 0.5) is 0 Å². The molecule has 1 heterocycles. The van der Waals surface area contributed by atoms with Crippen LogP contribution in [0.15, 0.2) is 54.6 Å². The van der Waals surface area contributed by atoms with E-state index in [-0.39, 0.29) is 5.92 Å². The van der Waals surface area contributed by atoms with E-state index in [1.165, 1.54) is 16.7 Å². The Morgan fingerprint density at radius 1 is 1.09 bits per heavy atom. The van der Waals surface area contributed by atoms with Crippen LogP contribution in [0.5, 0.6) is 0 Å². The van der Waals surface area contributed by atoms with Crippen molar-refractivity contribution in [2.45, 2.75) is 32.4 Å². The minimum atomic E-state index is 0.121. The molecule has 0 spiro atoms. The van der Waals surface area contributed by atoms with Gasteiger partial charge < -0.3 is 0 Å². The lowest BCUT2D eigenvalue weighted by atomic mass is 9.96. The highest BCUT2D eigenvalue weighted by Gasteiger charge is 2.35. The van der Waals surface area contributed by atoms with Gasteiger partial charge in [0.2, 0.25) is 0 Å². The molecule has 112 valence electrons. The van der Waals surface area contributed by atoms with Gasteiger partial charge in [-0.3, -0.25) is 4.90 Å². The molecule has 0 N–H and O–H groups in total. The first-order valence-corrected chi connectivity index (χ1v) is 7.98. The molecule has 3 rings (SSSR count). The standard InChI is InChI=1S/C20H22N2/c1-16-7-9-18(10-8-16)14-22-15-20(22)12-19(13-21)11-17-5-3-2-4-6-17/h2-10,19-20H,11-12,14-15H2,1H3. The summed E-state index contributed by atoms with van der Waals surface area (Å²) in [5.41, 5.74) is 3.93. The lowest BCUT2D eigenvalue weighted by Gasteiger charge is -2.09. The molecule has 0 radical (unpaired) electrons. The number of hydrogen-bond donors (Lipinski definition) is 0. The number of aryl methyl sites for hydroxylation is 1. The molecular formula is C20H22N2. The zero-order valence-corrected chi connectivity index (χ0v) is 13.1. The Labute approximate surface area is 133 Å². The minimum Gasteiger partial charge on any atom is -0.293 e. The fourth-order valence-electron chi connectivity index (χ4n) is 2.98. The summed E-state index contributed by atoms with van der Waals surface area (Å²) >= 11 is 0. The highest BCUT2D eigenvalue weighted by atomic mass is 15.3. The van der Waals surface area contributed by atoms with Crippen molar-refractivity contribution < 1.29 is 0 Å². The van der Waals surface area contributed by atoms with Gasteiger partial charge in [0, 0.05) is 19.1 Å². The maximum atomic E-state index is 9.40. The fourth-order valence-corrected chi connectivity index (χ4v) is 2.98. The summed E-state index contributed by atoms with van der Waals surface area (Å²) in [5, 5.41) is 9.40. The molecule has 1 aliphatic heterocycles. The van der Waals surface area contributed by atoms with E-state index in [1.807, 2.05) is 18.2 Å². The smallest absolute Gasteiger partial charge is 0.0659 e. The normalized spacial score (nSPS) is 21.1. The summed E-state index contributed by atoms with van der Waals surface area (Å²) in [6, 6.07) is 22.2. The molecular weight excluding hydrogens is 268 g/mol. The lowest BCUT2D eigenvalue weighted by molar-refractivity contribution is 0.454. The maximum absolute atomic E-state index is 9.40. The Bertz CT molecular complexity index is 640. The van der Waals surface area contributed by atoms with Crippen LogP contribution in [-0.2, 0) is 13.0 Å². The predicted molar refractivity (Wildman–Crippen MR) is 89.2 cm³/mol. The van der Waals surface area contributed by atoms with Gasteiger partial charge >= 0.3 is 0 Å². The van der Waals surface area contributed by atoms with Crippen molar-refractivity contribution in [2.75, 3.05) is 6.54 Å². The summed E-state index contributed by atoms with van der Waals surface area (Å²) in [5.74, 6) is 0.121. The van der Waals surface area contributed by atoms with Crippen molar-refractivity contribution in [3.8, 4) is 6.07 Å². The molecule has 3 atom stereocenters. The average molecular weight is 290 g/mol.